The maximum Gasteiger partial charge on any atom is 0.178 e. The van der Waals surface area contributed by atoms with Gasteiger partial charge in [-0.25, -0.2) is 9.97 Å². The third-order valence-corrected chi connectivity index (χ3v) is 7.80. The van der Waals surface area contributed by atoms with Crippen LogP contribution in [0.1, 0.15) is 77.0 Å². The first-order valence-corrected chi connectivity index (χ1v) is 13.3. The van der Waals surface area contributed by atoms with E-state index in [1.807, 2.05) is 6.20 Å². The predicted octanol–water partition coefficient (Wildman–Crippen LogP) is 4.88. The Balaban J connectivity index is 1.61. The number of hydrogen-bond donors (Lipinski definition) is 3. The van der Waals surface area contributed by atoms with Crippen molar-refractivity contribution in [1.29, 1.82) is 0 Å². The number of fused-ring (bicyclic) bond motifs is 3. The summed E-state index contributed by atoms with van der Waals surface area (Å²) in [6.07, 6.45) is 12.6. The van der Waals surface area contributed by atoms with Crippen molar-refractivity contribution >= 4 is 24.8 Å². The minimum absolute atomic E-state index is 0.110. The molecular formula is C27H40N6OS. The summed E-state index contributed by atoms with van der Waals surface area (Å²) in [5, 5.41) is 6.73. The number of aliphatic imine (C=N–C) groups is 1. The van der Waals surface area contributed by atoms with E-state index in [1.165, 1.54) is 5.56 Å². The normalized spacial score (nSPS) is 32.7. The molecule has 0 amide bonds. The number of anilines is 1. The highest BCUT2D eigenvalue weighted by atomic mass is 32.1. The fourth-order valence-electron chi connectivity index (χ4n) is 5.04. The standard InChI is InChI=1S/C27H40N6OS/c1-7-33-20(6)12-11-18(4)14-34-27(35)22-24(27)30-16-31-25(22)28-13-9-8-10-19(5)23-21(17(2)3)26(33)32-15-29-23/h7-9,15-20,25,28,35H,1,10-14H2,2-6H3,(H,30,31)/b9-8+. The second-order valence-corrected chi connectivity index (χ2v) is 11.0. The first-order chi connectivity index (χ1) is 16.8. The molecule has 4 rings (SSSR count). The molecule has 0 saturated carbocycles. The molecule has 0 saturated heterocycles. The van der Waals surface area contributed by atoms with E-state index in [4.69, 9.17) is 27.3 Å². The predicted molar refractivity (Wildman–Crippen MR) is 147 cm³/mol. The van der Waals surface area contributed by atoms with Gasteiger partial charge in [0.25, 0.3) is 0 Å². The summed E-state index contributed by atoms with van der Waals surface area (Å²) >= 11 is 4.88. The Morgan fingerprint density at radius 3 is 2.77 bits per heavy atom. The average Bonchev–Trinajstić information content (AvgIpc) is 3.46. The van der Waals surface area contributed by atoms with Crippen molar-refractivity contribution in [3.63, 3.8) is 0 Å². The molecule has 3 heterocycles. The minimum Gasteiger partial charge on any atom is -0.354 e. The van der Waals surface area contributed by atoms with Crippen LogP contribution in [0, 0.1) is 5.92 Å². The van der Waals surface area contributed by atoms with Gasteiger partial charge in [-0.05, 0) is 44.2 Å². The maximum atomic E-state index is 6.32. The van der Waals surface area contributed by atoms with Gasteiger partial charge in [0.05, 0.1) is 24.3 Å². The Morgan fingerprint density at radius 2 is 2.03 bits per heavy atom. The van der Waals surface area contributed by atoms with E-state index in [0.29, 0.717) is 18.4 Å². The largest absolute Gasteiger partial charge is 0.354 e. The zero-order chi connectivity index (χ0) is 25.2. The van der Waals surface area contributed by atoms with Gasteiger partial charge in [0.1, 0.15) is 18.3 Å². The van der Waals surface area contributed by atoms with E-state index in [0.717, 1.165) is 48.6 Å². The number of thiol groups is 1. The monoisotopic (exact) mass is 496 g/mol. The lowest BCUT2D eigenvalue weighted by Crippen LogP contribution is -2.32. The molecule has 2 bridgehead atoms. The highest BCUT2D eigenvalue weighted by Gasteiger charge is 2.57. The van der Waals surface area contributed by atoms with Crippen molar-refractivity contribution < 1.29 is 4.74 Å². The summed E-state index contributed by atoms with van der Waals surface area (Å²) in [6, 6.07) is 0.258. The molecule has 1 aromatic heterocycles. The van der Waals surface area contributed by atoms with E-state index in [1.54, 1.807) is 12.7 Å². The Morgan fingerprint density at radius 1 is 1.23 bits per heavy atom. The van der Waals surface area contributed by atoms with Crippen LogP contribution < -0.4 is 15.5 Å². The maximum absolute atomic E-state index is 6.32. The Labute approximate surface area is 215 Å². The zero-order valence-electron chi connectivity index (χ0n) is 21.7. The lowest BCUT2D eigenvalue weighted by atomic mass is 9.92. The van der Waals surface area contributed by atoms with Crippen molar-refractivity contribution in [2.24, 2.45) is 10.9 Å². The number of allylic oxidation sites excluding steroid dienone is 1. The number of hydrogen-bond acceptors (Lipinski definition) is 8. The Hall–Kier alpha value is -2.16. The van der Waals surface area contributed by atoms with Crippen molar-refractivity contribution in [2.75, 3.05) is 18.1 Å². The Kier molecular flexibility index (Phi) is 8.03. The molecule has 2 aliphatic heterocycles. The Bertz CT molecular complexity index is 1020. The van der Waals surface area contributed by atoms with Gasteiger partial charge in [0.15, 0.2) is 4.93 Å². The molecule has 0 fully saturated rings. The van der Waals surface area contributed by atoms with Crippen molar-refractivity contribution in [1.82, 2.24) is 20.6 Å². The molecule has 5 atom stereocenters. The summed E-state index contributed by atoms with van der Waals surface area (Å²) in [7, 11) is 0. The molecule has 0 aromatic carbocycles. The molecule has 0 radical (unpaired) electrons. The SMILES string of the molecule is C=CN1c2ncnc(c2C(C)C)C(C)C/C=C/CNC2N=CNC3=C2C3(S)OCC(C)CCC1C. The molecule has 0 spiro atoms. The van der Waals surface area contributed by atoms with Crippen LogP contribution in [-0.2, 0) is 4.74 Å². The number of aromatic nitrogens is 2. The third-order valence-electron chi connectivity index (χ3n) is 7.21. The smallest absolute Gasteiger partial charge is 0.178 e. The quantitative estimate of drug-likeness (QED) is 0.400. The fraction of sp³-hybridized carbons (Fsp3) is 0.593. The first-order valence-electron chi connectivity index (χ1n) is 12.8. The summed E-state index contributed by atoms with van der Waals surface area (Å²) < 4.78 is 6.32. The lowest BCUT2D eigenvalue weighted by molar-refractivity contribution is 0.0726. The molecular weight excluding hydrogens is 456 g/mol. The van der Waals surface area contributed by atoms with Crippen molar-refractivity contribution in [2.45, 2.75) is 82.9 Å². The van der Waals surface area contributed by atoms with Crippen LogP contribution >= 0.6 is 12.6 Å². The molecule has 1 aromatic rings. The average molecular weight is 497 g/mol. The van der Waals surface area contributed by atoms with Gasteiger partial charge in [-0.15, -0.1) is 12.6 Å². The van der Waals surface area contributed by atoms with Crippen LogP contribution in [0.15, 0.2) is 47.5 Å². The zero-order valence-corrected chi connectivity index (χ0v) is 22.6. The van der Waals surface area contributed by atoms with Crippen molar-refractivity contribution in [3.05, 3.63) is 53.8 Å². The van der Waals surface area contributed by atoms with Crippen LogP contribution in [0.3, 0.4) is 0 Å². The number of rotatable bonds is 2. The third kappa shape index (κ3) is 5.34. The van der Waals surface area contributed by atoms with Crippen LogP contribution in [0.25, 0.3) is 0 Å². The lowest BCUT2D eigenvalue weighted by Gasteiger charge is -2.31. The number of nitrogens with one attached hydrogen (secondary N) is 2. The number of nitrogens with zero attached hydrogens (tertiary/aromatic N) is 4. The van der Waals surface area contributed by atoms with Gasteiger partial charge < -0.3 is 15.0 Å². The number of ether oxygens (including phenoxy) is 1. The van der Waals surface area contributed by atoms with E-state index < -0.39 is 4.93 Å². The van der Waals surface area contributed by atoms with Gasteiger partial charge in [0.2, 0.25) is 0 Å². The van der Waals surface area contributed by atoms with E-state index in [-0.39, 0.29) is 18.1 Å². The van der Waals surface area contributed by atoms with Gasteiger partial charge in [-0.1, -0.05) is 46.4 Å². The summed E-state index contributed by atoms with van der Waals surface area (Å²) in [5.74, 6) is 1.96. The van der Waals surface area contributed by atoms with E-state index >= 15 is 0 Å². The minimum atomic E-state index is -0.650. The van der Waals surface area contributed by atoms with Gasteiger partial charge in [-0.3, -0.25) is 10.3 Å². The second-order valence-electron chi connectivity index (χ2n) is 10.4. The molecule has 190 valence electrons. The van der Waals surface area contributed by atoms with Gasteiger partial charge >= 0.3 is 0 Å². The fourth-order valence-corrected chi connectivity index (χ4v) is 5.48. The summed E-state index contributed by atoms with van der Waals surface area (Å²) in [4.78, 5) is 15.6. The summed E-state index contributed by atoms with van der Waals surface area (Å²) in [5.41, 5.74) is 4.45. The highest BCUT2D eigenvalue weighted by molar-refractivity contribution is 7.82. The first kappa shape index (κ1) is 25.9. The molecule has 1 aliphatic carbocycles. The molecule has 2 N–H and O–H groups in total. The van der Waals surface area contributed by atoms with Gasteiger partial charge in [-0.2, -0.15) is 0 Å². The molecule has 3 aliphatic rings. The molecule has 8 heteroatoms. The van der Waals surface area contributed by atoms with E-state index in [2.05, 4.69) is 73.9 Å². The topological polar surface area (TPSA) is 74.7 Å². The summed E-state index contributed by atoms with van der Waals surface area (Å²) in [6.45, 7) is 16.7. The molecule has 7 nitrogen and oxygen atoms in total. The van der Waals surface area contributed by atoms with Crippen LogP contribution in [0.2, 0.25) is 0 Å². The van der Waals surface area contributed by atoms with E-state index in [9.17, 15) is 0 Å². The van der Waals surface area contributed by atoms with Gasteiger partial charge in [0, 0.05) is 29.6 Å². The second kappa shape index (κ2) is 10.8. The van der Waals surface area contributed by atoms with Crippen LogP contribution in [-0.4, -0.2) is 46.6 Å². The van der Waals surface area contributed by atoms with Crippen molar-refractivity contribution in [3.8, 4) is 0 Å². The molecule has 5 unspecified atom stereocenters. The van der Waals surface area contributed by atoms with Crippen LogP contribution in [0.5, 0.6) is 0 Å². The highest BCUT2D eigenvalue weighted by Crippen LogP contribution is 2.52. The van der Waals surface area contributed by atoms with Crippen LogP contribution in [0.4, 0.5) is 5.82 Å². The molecule has 35 heavy (non-hydrogen) atoms.